The van der Waals surface area contributed by atoms with Crippen LogP contribution < -0.4 is 0 Å². The Labute approximate surface area is 300 Å². The van der Waals surface area contributed by atoms with Crippen LogP contribution in [-0.2, 0) is 7.05 Å². The molecular formula is C49H33N3. The number of hydrogen-bond acceptors (Lipinski definition) is 0. The predicted octanol–water partition coefficient (Wildman–Crippen LogP) is 12.9. The van der Waals surface area contributed by atoms with Crippen LogP contribution in [0.15, 0.2) is 182 Å². The third kappa shape index (κ3) is 4.20. The van der Waals surface area contributed by atoms with E-state index in [1.165, 1.54) is 87.7 Å². The Morgan fingerprint density at radius 2 is 0.750 bits per heavy atom. The summed E-state index contributed by atoms with van der Waals surface area (Å²) >= 11 is 0. The largest absolute Gasteiger partial charge is 0.344 e. The first kappa shape index (κ1) is 28.9. The number of hydrogen-bond donors (Lipinski definition) is 0. The van der Waals surface area contributed by atoms with Crippen molar-refractivity contribution in [1.29, 1.82) is 0 Å². The van der Waals surface area contributed by atoms with E-state index in [1.807, 2.05) is 0 Å². The number of para-hydroxylation sites is 3. The Morgan fingerprint density at radius 1 is 0.269 bits per heavy atom. The second kappa shape index (κ2) is 11.1. The van der Waals surface area contributed by atoms with Crippen LogP contribution in [0.4, 0.5) is 0 Å². The standard InChI is InChI=1S/C49H33N3/c1-50-44-22-8-5-19-38(44)42-30-43-40-21-7-10-24-46(40)52(49(43)31-48(42)50)37-25-26-47-41(29-37)39-20-6-9-23-45(39)51(47)36-18-12-17-35(28-36)34-16-11-15-33(27-34)32-13-3-2-4-14-32/h2-31H,1H3. The number of fused-ring (bicyclic) bond motifs is 9. The van der Waals surface area contributed by atoms with E-state index in [4.69, 9.17) is 0 Å². The fourth-order valence-corrected chi connectivity index (χ4v) is 8.61. The monoisotopic (exact) mass is 663 g/mol. The normalized spacial score (nSPS) is 11.9. The number of rotatable bonds is 4. The summed E-state index contributed by atoms with van der Waals surface area (Å²) in [6, 6.07) is 66.5. The van der Waals surface area contributed by atoms with E-state index in [2.05, 4.69) is 203 Å². The molecule has 0 saturated heterocycles. The fraction of sp³-hybridized carbons (Fsp3) is 0.0204. The van der Waals surface area contributed by atoms with Crippen molar-refractivity contribution in [3.8, 4) is 33.6 Å². The summed E-state index contributed by atoms with van der Waals surface area (Å²) in [5.74, 6) is 0. The maximum atomic E-state index is 2.45. The van der Waals surface area contributed by atoms with Crippen molar-refractivity contribution in [3.05, 3.63) is 182 Å². The molecule has 0 aliphatic carbocycles. The molecule has 0 atom stereocenters. The molecule has 0 unspecified atom stereocenters. The van der Waals surface area contributed by atoms with Gasteiger partial charge in [-0.1, -0.05) is 115 Å². The van der Waals surface area contributed by atoms with Crippen LogP contribution >= 0.6 is 0 Å². The van der Waals surface area contributed by atoms with Gasteiger partial charge in [-0.3, -0.25) is 0 Å². The molecule has 0 saturated carbocycles. The molecule has 3 nitrogen and oxygen atoms in total. The van der Waals surface area contributed by atoms with Crippen molar-refractivity contribution in [2.45, 2.75) is 0 Å². The van der Waals surface area contributed by atoms with Crippen LogP contribution in [0.5, 0.6) is 0 Å². The van der Waals surface area contributed by atoms with Gasteiger partial charge in [0.25, 0.3) is 0 Å². The summed E-state index contributed by atoms with van der Waals surface area (Å²) in [5.41, 5.74) is 14.5. The van der Waals surface area contributed by atoms with Crippen molar-refractivity contribution in [2.75, 3.05) is 0 Å². The van der Waals surface area contributed by atoms with Crippen LogP contribution in [0.25, 0.3) is 99.0 Å². The van der Waals surface area contributed by atoms with Gasteiger partial charge in [0.1, 0.15) is 0 Å². The average Bonchev–Trinajstić information content (AvgIpc) is 3.82. The van der Waals surface area contributed by atoms with Gasteiger partial charge < -0.3 is 13.7 Å². The number of benzene rings is 8. The number of aromatic nitrogens is 3. The summed E-state index contributed by atoms with van der Waals surface area (Å²) in [4.78, 5) is 0. The lowest BCUT2D eigenvalue weighted by Gasteiger charge is -2.12. The van der Waals surface area contributed by atoms with Crippen molar-refractivity contribution in [1.82, 2.24) is 13.7 Å². The highest BCUT2D eigenvalue weighted by Gasteiger charge is 2.19. The molecule has 0 fully saturated rings. The molecule has 3 heterocycles. The van der Waals surface area contributed by atoms with Crippen LogP contribution in [0, 0.1) is 0 Å². The van der Waals surface area contributed by atoms with Crippen LogP contribution in [0.1, 0.15) is 0 Å². The molecule has 8 aromatic carbocycles. The van der Waals surface area contributed by atoms with Gasteiger partial charge in [-0.05, 0) is 89.0 Å². The molecular weight excluding hydrogens is 631 g/mol. The predicted molar refractivity (Wildman–Crippen MR) is 220 cm³/mol. The first-order valence-corrected chi connectivity index (χ1v) is 17.9. The van der Waals surface area contributed by atoms with Gasteiger partial charge in [-0.25, -0.2) is 0 Å². The summed E-state index contributed by atoms with van der Waals surface area (Å²) in [6.45, 7) is 0. The SMILES string of the molecule is Cn1c2ccccc2c2cc3c4ccccc4n(-c4ccc5c(c4)c4ccccc4n5-c4cccc(-c5cccc(-c6ccccc6)c5)c4)c3cc21. The molecule has 0 amide bonds. The maximum Gasteiger partial charge on any atom is 0.0562 e. The van der Waals surface area contributed by atoms with E-state index in [0.29, 0.717) is 0 Å². The molecule has 11 rings (SSSR count). The van der Waals surface area contributed by atoms with Crippen molar-refractivity contribution in [2.24, 2.45) is 7.05 Å². The Morgan fingerprint density at radius 3 is 1.48 bits per heavy atom. The third-order valence-corrected chi connectivity index (χ3v) is 11.0. The first-order chi connectivity index (χ1) is 25.7. The Bertz CT molecular complexity index is 3190. The highest BCUT2D eigenvalue weighted by molar-refractivity contribution is 6.19. The Hall–Kier alpha value is -6.84. The van der Waals surface area contributed by atoms with E-state index >= 15 is 0 Å². The molecule has 11 aromatic rings. The maximum absolute atomic E-state index is 2.45. The van der Waals surface area contributed by atoms with E-state index in [9.17, 15) is 0 Å². The first-order valence-electron chi connectivity index (χ1n) is 17.9. The second-order valence-electron chi connectivity index (χ2n) is 13.9. The highest BCUT2D eigenvalue weighted by atomic mass is 15.0. The molecule has 244 valence electrons. The minimum Gasteiger partial charge on any atom is -0.344 e. The minimum atomic E-state index is 1.15. The lowest BCUT2D eigenvalue weighted by atomic mass is 9.99. The smallest absolute Gasteiger partial charge is 0.0562 e. The molecule has 0 spiro atoms. The van der Waals surface area contributed by atoms with Crippen molar-refractivity contribution >= 4 is 65.4 Å². The molecule has 0 aliphatic heterocycles. The van der Waals surface area contributed by atoms with Crippen LogP contribution in [0.2, 0.25) is 0 Å². The highest BCUT2D eigenvalue weighted by Crippen LogP contribution is 2.40. The van der Waals surface area contributed by atoms with Crippen LogP contribution in [-0.4, -0.2) is 13.7 Å². The van der Waals surface area contributed by atoms with Crippen molar-refractivity contribution < 1.29 is 0 Å². The zero-order valence-corrected chi connectivity index (χ0v) is 28.7. The summed E-state index contributed by atoms with van der Waals surface area (Å²) in [5, 5.41) is 7.61. The van der Waals surface area contributed by atoms with Gasteiger partial charge in [-0.2, -0.15) is 0 Å². The zero-order chi connectivity index (χ0) is 34.3. The molecule has 0 radical (unpaired) electrons. The second-order valence-corrected chi connectivity index (χ2v) is 13.9. The lowest BCUT2D eigenvalue weighted by molar-refractivity contribution is 1.01. The molecule has 0 bridgehead atoms. The van der Waals surface area contributed by atoms with E-state index in [1.54, 1.807) is 0 Å². The zero-order valence-electron chi connectivity index (χ0n) is 28.7. The van der Waals surface area contributed by atoms with E-state index in [0.717, 1.165) is 11.4 Å². The van der Waals surface area contributed by atoms with E-state index < -0.39 is 0 Å². The van der Waals surface area contributed by atoms with Gasteiger partial charge in [0.05, 0.1) is 27.6 Å². The Balaban J connectivity index is 1.11. The average molecular weight is 664 g/mol. The minimum absolute atomic E-state index is 1.15. The third-order valence-electron chi connectivity index (χ3n) is 11.0. The fourth-order valence-electron chi connectivity index (χ4n) is 8.61. The molecule has 3 aromatic heterocycles. The topological polar surface area (TPSA) is 14.8 Å². The summed E-state index contributed by atoms with van der Waals surface area (Å²) in [7, 11) is 2.18. The number of nitrogens with zero attached hydrogens (tertiary/aromatic N) is 3. The number of aryl methyl sites for hydroxylation is 1. The molecule has 0 N–H and O–H groups in total. The van der Waals surface area contributed by atoms with Gasteiger partial charge in [0.15, 0.2) is 0 Å². The summed E-state index contributed by atoms with van der Waals surface area (Å²) < 4.78 is 7.20. The van der Waals surface area contributed by atoms with Gasteiger partial charge in [-0.15, -0.1) is 0 Å². The molecule has 3 heteroatoms. The Kier molecular flexibility index (Phi) is 6.17. The van der Waals surface area contributed by atoms with Gasteiger partial charge in [0, 0.05) is 56.3 Å². The van der Waals surface area contributed by atoms with E-state index in [-0.39, 0.29) is 0 Å². The lowest BCUT2D eigenvalue weighted by Crippen LogP contribution is -1.96. The van der Waals surface area contributed by atoms with Gasteiger partial charge >= 0.3 is 0 Å². The van der Waals surface area contributed by atoms with Gasteiger partial charge in [0.2, 0.25) is 0 Å². The summed E-state index contributed by atoms with van der Waals surface area (Å²) in [6.07, 6.45) is 0. The molecule has 52 heavy (non-hydrogen) atoms. The molecule has 0 aliphatic rings. The van der Waals surface area contributed by atoms with Crippen molar-refractivity contribution in [3.63, 3.8) is 0 Å². The quantitative estimate of drug-likeness (QED) is 0.178. The van der Waals surface area contributed by atoms with Crippen LogP contribution in [0.3, 0.4) is 0 Å².